The highest BCUT2D eigenvalue weighted by molar-refractivity contribution is 14.0. The molecule has 0 radical (unpaired) electrons. The molecule has 0 fully saturated rings. The third kappa shape index (κ3) is 9.09. The van der Waals surface area contributed by atoms with Gasteiger partial charge < -0.3 is 24.7 Å². The standard InChI is InChI=1S/C20H32N6O2.HI/c1-16(18-9-6-5-7-10-18)23-20(21-11-8-12-28-14-13-27-4)22-15-19-25-24-17(2)26(19)3;/h5-7,9-10,16H,8,11-15H2,1-4H3,(H2,21,22,23);1H. The van der Waals surface area contributed by atoms with Crippen molar-refractivity contribution in [1.82, 2.24) is 25.4 Å². The highest BCUT2D eigenvalue weighted by atomic mass is 127. The normalized spacial score (nSPS) is 12.3. The van der Waals surface area contributed by atoms with Gasteiger partial charge in [-0.15, -0.1) is 34.2 Å². The van der Waals surface area contributed by atoms with Crippen LogP contribution in [0.3, 0.4) is 0 Å². The van der Waals surface area contributed by atoms with Crippen LogP contribution < -0.4 is 10.6 Å². The highest BCUT2D eigenvalue weighted by Crippen LogP contribution is 2.11. The summed E-state index contributed by atoms with van der Waals surface area (Å²) in [6.07, 6.45) is 0.882. The van der Waals surface area contributed by atoms with Gasteiger partial charge in [0.1, 0.15) is 12.4 Å². The number of aliphatic imine (C=N–C) groups is 1. The lowest BCUT2D eigenvalue weighted by Crippen LogP contribution is -2.39. The Morgan fingerprint density at radius 2 is 1.93 bits per heavy atom. The zero-order chi connectivity index (χ0) is 20.2. The number of methoxy groups -OCH3 is 1. The molecule has 8 nitrogen and oxygen atoms in total. The molecule has 1 aromatic carbocycles. The molecule has 0 saturated heterocycles. The number of rotatable bonds is 11. The number of hydrogen-bond donors (Lipinski definition) is 2. The van der Waals surface area contributed by atoms with Crippen LogP contribution in [-0.2, 0) is 23.1 Å². The summed E-state index contributed by atoms with van der Waals surface area (Å²) in [7, 11) is 3.62. The Hall–Kier alpha value is -1.72. The Labute approximate surface area is 190 Å². The number of nitrogens with zero attached hydrogens (tertiary/aromatic N) is 4. The van der Waals surface area contributed by atoms with E-state index in [1.165, 1.54) is 5.56 Å². The average molecular weight is 516 g/mol. The van der Waals surface area contributed by atoms with E-state index in [-0.39, 0.29) is 30.0 Å². The van der Waals surface area contributed by atoms with Gasteiger partial charge in [-0.1, -0.05) is 30.3 Å². The smallest absolute Gasteiger partial charge is 0.192 e. The van der Waals surface area contributed by atoms with Crippen LogP contribution >= 0.6 is 24.0 Å². The fraction of sp³-hybridized carbons (Fsp3) is 0.550. The number of benzene rings is 1. The molecule has 1 heterocycles. The Balaban J connectivity index is 0.00000420. The van der Waals surface area contributed by atoms with E-state index in [2.05, 4.69) is 39.9 Å². The second kappa shape index (κ2) is 14.3. The molecule has 0 saturated carbocycles. The molecule has 29 heavy (non-hydrogen) atoms. The van der Waals surface area contributed by atoms with Gasteiger partial charge in [-0.25, -0.2) is 4.99 Å². The highest BCUT2D eigenvalue weighted by Gasteiger charge is 2.09. The molecule has 1 aromatic heterocycles. The van der Waals surface area contributed by atoms with Crippen molar-refractivity contribution < 1.29 is 9.47 Å². The maximum Gasteiger partial charge on any atom is 0.192 e. The SMILES string of the molecule is COCCOCCCNC(=NCc1nnc(C)n1C)NC(C)c1ccccc1.I. The first kappa shape index (κ1) is 25.3. The number of aryl methyl sites for hydroxylation is 1. The number of nitrogens with one attached hydrogen (secondary N) is 2. The molecule has 2 N–H and O–H groups in total. The van der Waals surface area contributed by atoms with Gasteiger partial charge in [-0.3, -0.25) is 0 Å². The van der Waals surface area contributed by atoms with Gasteiger partial charge in [0.05, 0.1) is 19.3 Å². The number of hydrogen-bond acceptors (Lipinski definition) is 5. The molecule has 0 aliphatic heterocycles. The van der Waals surface area contributed by atoms with E-state index in [4.69, 9.17) is 14.5 Å². The van der Waals surface area contributed by atoms with Crippen molar-refractivity contribution in [3.05, 3.63) is 47.5 Å². The Morgan fingerprint density at radius 3 is 2.59 bits per heavy atom. The molecule has 0 bridgehead atoms. The number of aromatic nitrogens is 3. The van der Waals surface area contributed by atoms with Crippen molar-refractivity contribution in [1.29, 1.82) is 0 Å². The molecule has 1 unspecified atom stereocenters. The third-order valence-electron chi connectivity index (χ3n) is 4.40. The second-order valence-corrected chi connectivity index (χ2v) is 6.55. The largest absolute Gasteiger partial charge is 0.382 e. The van der Waals surface area contributed by atoms with Gasteiger partial charge in [0, 0.05) is 27.3 Å². The fourth-order valence-corrected chi connectivity index (χ4v) is 2.55. The first-order chi connectivity index (χ1) is 13.6. The van der Waals surface area contributed by atoms with Gasteiger partial charge in [-0.05, 0) is 25.8 Å². The average Bonchev–Trinajstić information content (AvgIpc) is 3.03. The lowest BCUT2D eigenvalue weighted by atomic mass is 10.1. The monoisotopic (exact) mass is 516 g/mol. The Kier molecular flexibility index (Phi) is 12.5. The molecule has 2 aromatic rings. The molecular formula is C20H33IN6O2. The van der Waals surface area contributed by atoms with Crippen molar-refractivity contribution in [2.24, 2.45) is 12.0 Å². The van der Waals surface area contributed by atoms with Gasteiger partial charge in [-0.2, -0.15) is 0 Å². The summed E-state index contributed by atoms with van der Waals surface area (Å²) < 4.78 is 12.4. The molecular weight excluding hydrogens is 483 g/mol. The predicted octanol–water partition coefficient (Wildman–Crippen LogP) is 2.59. The van der Waals surface area contributed by atoms with E-state index in [0.29, 0.717) is 26.4 Å². The van der Waals surface area contributed by atoms with E-state index < -0.39 is 0 Å². The quantitative estimate of drug-likeness (QED) is 0.207. The lowest BCUT2D eigenvalue weighted by Gasteiger charge is -2.19. The summed E-state index contributed by atoms with van der Waals surface area (Å²) in [5, 5.41) is 15.1. The van der Waals surface area contributed by atoms with Crippen molar-refractivity contribution in [2.45, 2.75) is 32.9 Å². The number of halogens is 1. The van der Waals surface area contributed by atoms with Crippen LogP contribution in [0, 0.1) is 6.92 Å². The van der Waals surface area contributed by atoms with Gasteiger partial charge in [0.15, 0.2) is 11.8 Å². The topological polar surface area (TPSA) is 85.6 Å². The van der Waals surface area contributed by atoms with Gasteiger partial charge >= 0.3 is 0 Å². The fourth-order valence-electron chi connectivity index (χ4n) is 2.55. The number of ether oxygens (including phenoxy) is 2. The minimum absolute atomic E-state index is 0. The van der Waals surface area contributed by atoms with Crippen molar-refractivity contribution in [3.63, 3.8) is 0 Å². The van der Waals surface area contributed by atoms with E-state index >= 15 is 0 Å². The molecule has 0 aliphatic rings. The first-order valence-corrected chi connectivity index (χ1v) is 9.63. The summed E-state index contributed by atoms with van der Waals surface area (Å²) in [6, 6.07) is 10.4. The van der Waals surface area contributed by atoms with Crippen LogP contribution in [0.25, 0.3) is 0 Å². The minimum atomic E-state index is 0. The van der Waals surface area contributed by atoms with Crippen LogP contribution in [0.2, 0.25) is 0 Å². The van der Waals surface area contributed by atoms with E-state index in [1.54, 1.807) is 7.11 Å². The van der Waals surface area contributed by atoms with Crippen LogP contribution in [0.4, 0.5) is 0 Å². The molecule has 2 rings (SSSR count). The zero-order valence-electron chi connectivity index (χ0n) is 17.7. The van der Waals surface area contributed by atoms with Gasteiger partial charge in [0.2, 0.25) is 0 Å². The summed E-state index contributed by atoms with van der Waals surface area (Å²) in [6.45, 7) is 7.18. The summed E-state index contributed by atoms with van der Waals surface area (Å²) in [5.74, 6) is 2.45. The van der Waals surface area contributed by atoms with Crippen molar-refractivity contribution >= 4 is 29.9 Å². The zero-order valence-corrected chi connectivity index (χ0v) is 20.1. The molecule has 162 valence electrons. The number of guanidine groups is 1. The van der Waals surface area contributed by atoms with E-state index in [9.17, 15) is 0 Å². The van der Waals surface area contributed by atoms with Gasteiger partial charge in [0.25, 0.3) is 0 Å². The first-order valence-electron chi connectivity index (χ1n) is 9.63. The Bertz CT molecular complexity index is 723. The van der Waals surface area contributed by atoms with Crippen LogP contribution in [-0.4, -0.2) is 54.2 Å². The maximum absolute atomic E-state index is 5.51. The Morgan fingerprint density at radius 1 is 1.17 bits per heavy atom. The molecule has 0 aliphatic carbocycles. The van der Waals surface area contributed by atoms with Crippen LogP contribution in [0.5, 0.6) is 0 Å². The lowest BCUT2D eigenvalue weighted by molar-refractivity contribution is 0.0698. The molecule has 0 amide bonds. The third-order valence-corrected chi connectivity index (χ3v) is 4.40. The summed E-state index contributed by atoms with van der Waals surface area (Å²) >= 11 is 0. The van der Waals surface area contributed by atoms with E-state index in [1.807, 2.05) is 36.7 Å². The van der Waals surface area contributed by atoms with Crippen molar-refractivity contribution in [2.75, 3.05) is 33.5 Å². The predicted molar refractivity (Wildman–Crippen MR) is 126 cm³/mol. The molecule has 0 spiro atoms. The van der Waals surface area contributed by atoms with E-state index in [0.717, 1.165) is 30.6 Å². The summed E-state index contributed by atoms with van der Waals surface area (Å²) in [4.78, 5) is 4.69. The summed E-state index contributed by atoms with van der Waals surface area (Å²) in [5.41, 5.74) is 1.20. The van der Waals surface area contributed by atoms with Crippen LogP contribution in [0.15, 0.2) is 35.3 Å². The second-order valence-electron chi connectivity index (χ2n) is 6.55. The minimum Gasteiger partial charge on any atom is -0.382 e. The molecule has 9 heteroatoms. The maximum atomic E-state index is 5.51. The van der Waals surface area contributed by atoms with Crippen LogP contribution in [0.1, 0.15) is 36.6 Å². The molecule has 1 atom stereocenters. The van der Waals surface area contributed by atoms with Crippen molar-refractivity contribution in [3.8, 4) is 0 Å².